The second kappa shape index (κ2) is 9.70. The molecule has 0 unspecified atom stereocenters. The molecule has 0 saturated heterocycles. The van der Waals surface area contributed by atoms with E-state index < -0.39 is 30.3 Å². The van der Waals surface area contributed by atoms with Crippen LogP contribution in [0, 0.1) is 12.7 Å². The number of hydrogen-bond donors (Lipinski definition) is 2. The van der Waals surface area contributed by atoms with Gasteiger partial charge in [0.05, 0.1) is 5.56 Å². The molecule has 0 spiro atoms. The van der Waals surface area contributed by atoms with Gasteiger partial charge in [-0.2, -0.15) is 0 Å². The Morgan fingerprint density at radius 1 is 1.23 bits per heavy atom. The highest BCUT2D eigenvalue weighted by molar-refractivity contribution is 5.97. The molecule has 1 aliphatic carbocycles. The first-order valence-electron chi connectivity index (χ1n) is 8.64. The van der Waals surface area contributed by atoms with Crippen molar-refractivity contribution in [2.45, 2.75) is 39.0 Å². The largest absolute Gasteiger partial charge is 0.452 e. The second-order valence-corrected chi connectivity index (χ2v) is 6.20. The Bertz CT molecular complexity index is 715. The predicted molar refractivity (Wildman–Crippen MR) is 94.1 cm³/mol. The maximum absolute atomic E-state index is 13.4. The van der Waals surface area contributed by atoms with E-state index in [2.05, 4.69) is 16.7 Å². The minimum absolute atomic E-state index is 0.00566. The number of carbonyl (C=O) groups excluding carboxylic acids is 3. The lowest BCUT2D eigenvalue weighted by atomic mass is 9.97. The molecule has 0 saturated carbocycles. The van der Waals surface area contributed by atoms with Gasteiger partial charge in [-0.15, -0.1) is 0 Å². The van der Waals surface area contributed by atoms with Crippen LogP contribution < -0.4 is 10.6 Å². The molecule has 2 rings (SSSR count). The third kappa shape index (κ3) is 6.31. The van der Waals surface area contributed by atoms with Crippen LogP contribution in [0.2, 0.25) is 0 Å². The molecule has 2 N–H and O–H groups in total. The summed E-state index contributed by atoms with van der Waals surface area (Å²) in [7, 11) is 0. The molecule has 6 nitrogen and oxygen atoms in total. The molecular formula is C19H23FN2O4. The molecule has 140 valence electrons. The topological polar surface area (TPSA) is 84.5 Å². The lowest BCUT2D eigenvalue weighted by molar-refractivity contribution is -0.123. The summed E-state index contributed by atoms with van der Waals surface area (Å²) in [5, 5.41) is 4.68. The maximum atomic E-state index is 13.4. The van der Waals surface area contributed by atoms with E-state index in [0.717, 1.165) is 25.3 Å². The van der Waals surface area contributed by atoms with E-state index >= 15 is 0 Å². The van der Waals surface area contributed by atoms with E-state index in [4.69, 9.17) is 4.74 Å². The van der Waals surface area contributed by atoms with Crippen LogP contribution in [-0.2, 0) is 9.53 Å². The Kier molecular flexibility index (Phi) is 7.32. The average molecular weight is 362 g/mol. The molecule has 7 heteroatoms. The molecule has 0 fully saturated rings. The minimum Gasteiger partial charge on any atom is -0.452 e. The van der Waals surface area contributed by atoms with Crippen LogP contribution in [0.5, 0.6) is 0 Å². The Hall–Kier alpha value is -2.70. The van der Waals surface area contributed by atoms with Gasteiger partial charge in [0.2, 0.25) is 0 Å². The van der Waals surface area contributed by atoms with Crippen molar-refractivity contribution in [1.82, 2.24) is 10.6 Å². The number of amides is 3. The van der Waals surface area contributed by atoms with Gasteiger partial charge < -0.3 is 10.1 Å². The third-order valence-electron chi connectivity index (χ3n) is 4.11. The quantitative estimate of drug-likeness (QED) is 0.602. The van der Waals surface area contributed by atoms with Crippen LogP contribution in [-0.4, -0.2) is 31.1 Å². The normalized spacial score (nSPS) is 13.5. The van der Waals surface area contributed by atoms with Crippen molar-refractivity contribution < 1.29 is 23.5 Å². The summed E-state index contributed by atoms with van der Waals surface area (Å²) < 4.78 is 18.2. The smallest absolute Gasteiger partial charge is 0.338 e. The fraction of sp³-hybridized carbons (Fsp3) is 0.421. The van der Waals surface area contributed by atoms with Gasteiger partial charge in [-0.05, 0) is 56.7 Å². The van der Waals surface area contributed by atoms with Gasteiger partial charge in [-0.25, -0.2) is 14.0 Å². The summed E-state index contributed by atoms with van der Waals surface area (Å²) in [6.45, 7) is 1.39. The summed E-state index contributed by atoms with van der Waals surface area (Å²) in [6.07, 6.45) is 7.47. The first-order chi connectivity index (χ1) is 12.5. The number of nitrogens with one attached hydrogen (secondary N) is 2. The highest BCUT2D eigenvalue weighted by Gasteiger charge is 2.13. The molecule has 26 heavy (non-hydrogen) atoms. The fourth-order valence-electron chi connectivity index (χ4n) is 2.61. The number of urea groups is 1. The Morgan fingerprint density at radius 2 is 2.04 bits per heavy atom. The fourth-order valence-corrected chi connectivity index (χ4v) is 2.61. The van der Waals surface area contributed by atoms with E-state index in [0.29, 0.717) is 12.1 Å². The van der Waals surface area contributed by atoms with Crippen molar-refractivity contribution in [2.24, 2.45) is 0 Å². The van der Waals surface area contributed by atoms with E-state index in [1.165, 1.54) is 30.5 Å². The van der Waals surface area contributed by atoms with Gasteiger partial charge in [0.15, 0.2) is 6.61 Å². The van der Waals surface area contributed by atoms with Crippen molar-refractivity contribution in [3.05, 3.63) is 46.8 Å². The molecule has 1 aromatic rings. The van der Waals surface area contributed by atoms with E-state index in [9.17, 15) is 18.8 Å². The molecule has 0 bridgehead atoms. The van der Waals surface area contributed by atoms with Crippen LogP contribution in [0.15, 0.2) is 29.8 Å². The van der Waals surface area contributed by atoms with Gasteiger partial charge in [-0.1, -0.05) is 17.7 Å². The van der Waals surface area contributed by atoms with Crippen LogP contribution in [0.4, 0.5) is 9.18 Å². The van der Waals surface area contributed by atoms with Crippen molar-refractivity contribution in [1.29, 1.82) is 0 Å². The molecule has 1 aromatic carbocycles. The molecule has 0 radical (unpaired) electrons. The minimum atomic E-state index is -0.830. The first kappa shape index (κ1) is 19.6. The molecule has 1 aliphatic rings. The van der Waals surface area contributed by atoms with Gasteiger partial charge in [-0.3, -0.25) is 10.1 Å². The Balaban J connectivity index is 1.67. The van der Waals surface area contributed by atoms with Gasteiger partial charge in [0.25, 0.3) is 5.91 Å². The van der Waals surface area contributed by atoms with E-state index in [1.54, 1.807) is 6.92 Å². The van der Waals surface area contributed by atoms with Gasteiger partial charge >= 0.3 is 12.0 Å². The number of aryl methyl sites for hydroxylation is 1. The summed E-state index contributed by atoms with van der Waals surface area (Å²) in [5.41, 5.74) is 1.73. The molecule has 0 aromatic heterocycles. The standard InChI is InChI=1S/C19H23FN2O4/c1-13-7-8-15(11-16(13)20)18(24)26-12-17(23)22-19(25)21-10-9-14-5-3-2-4-6-14/h5,7-8,11H,2-4,6,9-10,12H2,1H3,(H2,21,22,23,25). The number of rotatable bonds is 6. The SMILES string of the molecule is Cc1ccc(C(=O)OCC(=O)NC(=O)NCCC2=CCCCC2)cc1F. The molecule has 3 amide bonds. The van der Waals surface area contributed by atoms with E-state index in [-0.39, 0.29) is 5.56 Å². The van der Waals surface area contributed by atoms with Crippen LogP contribution in [0.1, 0.15) is 48.0 Å². The van der Waals surface area contributed by atoms with E-state index in [1.807, 2.05) is 0 Å². The summed E-state index contributed by atoms with van der Waals surface area (Å²) in [5.74, 6) is -2.11. The molecule has 0 aliphatic heterocycles. The zero-order valence-corrected chi connectivity index (χ0v) is 14.8. The van der Waals surface area contributed by atoms with Gasteiger partial charge in [0, 0.05) is 6.54 Å². The van der Waals surface area contributed by atoms with Gasteiger partial charge in [0.1, 0.15) is 5.82 Å². The number of allylic oxidation sites excluding steroid dienone is 1. The maximum Gasteiger partial charge on any atom is 0.338 e. The van der Waals surface area contributed by atoms with Crippen molar-refractivity contribution in [3.8, 4) is 0 Å². The number of imide groups is 1. The zero-order valence-electron chi connectivity index (χ0n) is 14.8. The molecule has 0 atom stereocenters. The lowest BCUT2D eigenvalue weighted by Gasteiger charge is -2.13. The monoisotopic (exact) mass is 362 g/mol. The number of benzene rings is 1. The second-order valence-electron chi connectivity index (χ2n) is 6.20. The zero-order chi connectivity index (χ0) is 18.9. The third-order valence-corrected chi connectivity index (χ3v) is 4.11. The van der Waals surface area contributed by atoms with Crippen molar-refractivity contribution in [2.75, 3.05) is 13.2 Å². The number of hydrogen-bond acceptors (Lipinski definition) is 4. The molecular weight excluding hydrogens is 339 g/mol. The van der Waals surface area contributed by atoms with Crippen molar-refractivity contribution >= 4 is 17.9 Å². The molecule has 0 heterocycles. The predicted octanol–water partition coefficient (Wildman–Crippen LogP) is 3.01. The first-order valence-corrected chi connectivity index (χ1v) is 8.64. The highest BCUT2D eigenvalue weighted by Crippen LogP contribution is 2.19. The average Bonchev–Trinajstić information content (AvgIpc) is 2.63. The highest BCUT2D eigenvalue weighted by atomic mass is 19.1. The Labute approximate surface area is 151 Å². The van der Waals surface area contributed by atoms with Crippen molar-refractivity contribution in [3.63, 3.8) is 0 Å². The summed E-state index contributed by atoms with van der Waals surface area (Å²) >= 11 is 0. The van der Waals surface area contributed by atoms with Crippen LogP contribution >= 0.6 is 0 Å². The summed E-state index contributed by atoms with van der Waals surface area (Å²) in [6, 6.07) is 3.26. The number of esters is 1. The lowest BCUT2D eigenvalue weighted by Crippen LogP contribution is -2.41. The van der Waals surface area contributed by atoms with Crippen LogP contribution in [0.25, 0.3) is 0 Å². The Morgan fingerprint density at radius 3 is 2.73 bits per heavy atom. The van der Waals surface area contributed by atoms with Crippen LogP contribution in [0.3, 0.4) is 0 Å². The number of ether oxygens (including phenoxy) is 1. The number of halogens is 1. The summed E-state index contributed by atoms with van der Waals surface area (Å²) in [4.78, 5) is 35.0. The number of carbonyl (C=O) groups is 3.